The van der Waals surface area contributed by atoms with E-state index in [0.29, 0.717) is 0 Å². The van der Waals surface area contributed by atoms with Crippen LogP contribution in [0.2, 0.25) is 0 Å². The minimum absolute atomic E-state index is 0.787. The monoisotopic (exact) mass is 299 g/mol. The lowest BCUT2D eigenvalue weighted by molar-refractivity contribution is 0.310. The largest absolute Gasteiger partial charge is 0.494 e. The number of aryl methyl sites for hydroxylation is 1. The van der Waals surface area contributed by atoms with Crippen molar-refractivity contribution in [3.8, 4) is 5.75 Å². The SMILES string of the molecule is Cc1nsc2cc(OCCCCBr)ccc12. The molecule has 86 valence electrons. The molecule has 0 aliphatic carbocycles. The van der Waals surface area contributed by atoms with Gasteiger partial charge in [0.15, 0.2) is 0 Å². The number of hydrogen-bond acceptors (Lipinski definition) is 3. The molecule has 0 aliphatic heterocycles. The van der Waals surface area contributed by atoms with Crippen LogP contribution in [0.1, 0.15) is 18.5 Å². The first-order chi connectivity index (χ1) is 7.81. The molecule has 16 heavy (non-hydrogen) atoms. The Kier molecular flexibility index (Phi) is 4.18. The second-order valence-corrected chi connectivity index (χ2v) is 5.27. The smallest absolute Gasteiger partial charge is 0.120 e. The molecule has 1 heterocycles. The van der Waals surface area contributed by atoms with Gasteiger partial charge < -0.3 is 4.74 Å². The topological polar surface area (TPSA) is 22.1 Å². The molecule has 2 aromatic rings. The van der Waals surface area contributed by atoms with E-state index in [-0.39, 0.29) is 0 Å². The summed E-state index contributed by atoms with van der Waals surface area (Å²) >= 11 is 4.94. The maximum absolute atomic E-state index is 5.68. The average molecular weight is 300 g/mol. The van der Waals surface area contributed by atoms with Crippen molar-refractivity contribution < 1.29 is 4.74 Å². The third kappa shape index (κ3) is 2.74. The number of rotatable bonds is 5. The van der Waals surface area contributed by atoms with E-state index in [9.17, 15) is 0 Å². The predicted molar refractivity (Wildman–Crippen MR) is 72.9 cm³/mol. The molecule has 1 aromatic heterocycles. The average Bonchev–Trinajstić information content (AvgIpc) is 2.66. The summed E-state index contributed by atoms with van der Waals surface area (Å²) < 4.78 is 11.2. The van der Waals surface area contributed by atoms with Gasteiger partial charge >= 0.3 is 0 Å². The second kappa shape index (κ2) is 5.64. The van der Waals surface area contributed by atoms with Crippen LogP contribution < -0.4 is 4.74 Å². The van der Waals surface area contributed by atoms with Gasteiger partial charge in [0.05, 0.1) is 17.0 Å². The number of hydrogen-bond donors (Lipinski definition) is 0. The van der Waals surface area contributed by atoms with Crippen LogP contribution in [0.5, 0.6) is 5.75 Å². The minimum Gasteiger partial charge on any atom is -0.494 e. The fourth-order valence-corrected chi connectivity index (χ4v) is 2.73. The van der Waals surface area contributed by atoms with Crippen molar-refractivity contribution in [3.05, 3.63) is 23.9 Å². The summed E-state index contributed by atoms with van der Waals surface area (Å²) in [5, 5.41) is 2.28. The molecule has 0 spiro atoms. The number of unbranched alkanes of at least 4 members (excludes halogenated alkanes) is 1. The molecular formula is C12H14BrNOS. The van der Waals surface area contributed by atoms with E-state index >= 15 is 0 Å². The molecule has 0 saturated carbocycles. The van der Waals surface area contributed by atoms with Gasteiger partial charge in [0.1, 0.15) is 5.75 Å². The Morgan fingerprint density at radius 1 is 1.38 bits per heavy atom. The van der Waals surface area contributed by atoms with Crippen molar-refractivity contribution >= 4 is 37.5 Å². The first kappa shape index (κ1) is 11.9. The Hall–Kier alpha value is -0.610. The Balaban J connectivity index is 2.02. The Bertz CT molecular complexity index is 469. The quantitative estimate of drug-likeness (QED) is 0.611. The third-order valence-electron chi connectivity index (χ3n) is 2.42. The highest BCUT2D eigenvalue weighted by Gasteiger charge is 2.03. The van der Waals surface area contributed by atoms with E-state index in [1.54, 1.807) is 0 Å². The third-order valence-corrected chi connectivity index (χ3v) is 3.88. The van der Waals surface area contributed by atoms with E-state index in [0.717, 1.165) is 36.2 Å². The van der Waals surface area contributed by atoms with Gasteiger partial charge in [-0.3, -0.25) is 0 Å². The van der Waals surface area contributed by atoms with Crippen LogP contribution >= 0.6 is 27.5 Å². The van der Waals surface area contributed by atoms with Crippen molar-refractivity contribution in [2.75, 3.05) is 11.9 Å². The maximum Gasteiger partial charge on any atom is 0.120 e. The number of nitrogens with zero attached hydrogens (tertiary/aromatic N) is 1. The van der Waals surface area contributed by atoms with Gasteiger partial charge in [-0.05, 0) is 49.5 Å². The van der Waals surface area contributed by atoms with E-state index in [2.05, 4.69) is 32.4 Å². The first-order valence-electron chi connectivity index (χ1n) is 5.36. The number of ether oxygens (including phenoxy) is 1. The number of alkyl halides is 1. The van der Waals surface area contributed by atoms with Crippen LogP contribution in [0, 0.1) is 6.92 Å². The summed E-state index contributed by atoms with van der Waals surface area (Å²) in [6.45, 7) is 2.82. The van der Waals surface area contributed by atoms with Gasteiger partial charge in [-0.2, -0.15) is 4.37 Å². The summed E-state index contributed by atoms with van der Waals surface area (Å²) in [5.41, 5.74) is 1.10. The predicted octanol–water partition coefficient (Wildman–Crippen LogP) is 4.16. The number of halogens is 1. The van der Waals surface area contributed by atoms with Gasteiger partial charge in [0.25, 0.3) is 0 Å². The van der Waals surface area contributed by atoms with Gasteiger partial charge in [-0.25, -0.2) is 0 Å². The highest BCUT2D eigenvalue weighted by molar-refractivity contribution is 9.09. The number of benzene rings is 1. The molecule has 0 aliphatic rings. The van der Waals surface area contributed by atoms with E-state index in [4.69, 9.17) is 4.74 Å². The van der Waals surface area contributed by atoms with Crippen LogP contribution in [0.15, 0.2) is 18.2 Å². The Labute approximate surface area is 108 Å². The van der Waals surface area contributed by atoms with Crippen molar-refractivity contribution in [1.29, 1.82) is 0 Å². The summed E-state index contributed by atoms with van der Waals surface area (Å²) in [6, 6.07) is 6.19. The Morgan fingerprint density at radius 2 is 2.25 bits per heavy atom. The molecule has 1 aromatic carbocycles. The first-order valence-corrected chi connectivity index (χ1v) is 7.25. The highest BCUT2D eigenvalue weighted by Crippen LogP contribution is 2.26. The molecule has 0 fully saturated rings. The van der Waals surface area contributed by atoms with Crippen molar-refractivity contribution in [3.63, 3.8) is 0 Å². The maximum atomic E-state index is 5.68. The molecule has 0 saturated heterocycles. The standard InChI is InChI=1S/C12H14BrNOS/c1-9-11-5-4-10(8-12(11)16-14-9)15-7-3-2-6-13/h4-5,8H,2-3,6-7H2,1H3. The zero-order valence-electron chi connectivity index (χ0n) is 9.20. The lowest BCUT2D eigenvalue weighted by Crippen LogP contribution is -1.97. The lowest BCUT2D eigenvalue weighted by atomic mass is 10.2. The fourth-order valence-electron chi connectivity index (χ4n) is 1.52. The molecule has 4 heteroatoms. The molecule has 0 N–H and O–H groups in total. The molecule has 2 nitrogen and oxygen atoms in total. The summed E-state index contributed by atoms with van der Waals surface area (Å²) in [4.78, 5) is 0. The fraction of sp³-hybridized carbons (Fsp3) is 0.417. The zero-order valence-corrected chi connectivity index (χ0v) is 11.6. The molecule has 0 unspecified atom stereocenters. The van der Waals surface area contributed by atoms with Crippen LogP contribution in [-0.2, 0) is 0 Å². The van der Waals surface area contributed by atoms with E-state index in [1.165, 1.54) is 21.6 Å². The molecule has 0 atom stereocenters. The summed E-state index contributed by atoms with van der Waals surface area (Å²) in [7, 11) is 0. The minimum atomic E-state index is 0.787. The summed E-state index contributed by atoms with van der Waals surface area (Å²) in [6.07, 6.45) is 2.24. The van der Waals surface area contributed by atoms with Crippen molar-refractivity contribution in [2.45, 2.75) is 19.8 Å². The number of aromatic nitrogens is 1. The van der Waals surface area contributed by atoms with Gasteiger partial charge in [-0.15, -0.1) is 0 Å². The molecule has 0 bridgehead atoms. The van der Waals surface area contributed by atoms with Gasteiger partial charge in [0.2, 0.25) is 0 Å². The molecular weight excluding hydrogens is 286 g/mol. The summed E-state index contributed by atoms with van der Waals surface area (Å²) in [5.74, 6) is 0.950. The lowest BCUT2D eigenvalue weighted by Gasteiger charge is -2.05. The molecule has 0 amide bonds. The van der Waals surface area contributed by atoms with Crippen LogP contribution in [0.25, 0.3) is 10.1 Å². The van der Waals surface area contributed by atoms with E-state index < -0.39 is 0 Å². The number of fused-ring (bicyclic) bond motifs is 1. The van der Waals surface area contributed by atoms with Crippen LogP contribution in [-0.4, -0.2) is 16.3 Å². The highest BCUT2D eigenvalue weighted by atomic mass is 79.9. The normalized spacial score (nSPS) is 10.9. The van der Waals surface area contributed by atoms with Crippen molar-refractivity contribution in [1.82, 2.24) is 4.37 Å². The van der Waals surface area contributed by atoms with Crippen molar-refractivity contribution in [2.24, 2.45) is 0 Å². The van der Waals surface area contributed by atoms with Gasteiger partial charge in [0, 0.05) is 10.7 Å². The van der Waals surface area contributed by atoms with Gasteiger partial charge in [-0.1, -0.05) is 15.9 Å². The second-order valence-electron chi connectivity index (χ2n) is 3.67. The van der Waals surface area contributed by atoms with Crippen LogP contribution in [0.4, 0.5) is 0 Å². The zero-order chi connectivity index (χ0) is 11.4. The van der Waals surface area contributed by atoms with Crippen LogP contribution in [0.3, 0.4) is 0 Å². The Morgan fingerprint density at radius 3 is 3.06 bits per heavy atom. The van der Waals surface area contributed by atoms with E-state index in [1.807, 2.05) is 13.0 Å². The molecule has 0 radical (unpaired) electrons. The molecule has 2 rings (SSSR count).